The topological polar surface area (TPSA) is 20.2 Å². The Balaban J connectivity index is 3.71. The monoisotopic (exact) mass is 483 g/mol. The Morgan fingerprint density at radius 1 is 0.441 bits per heavy atom. The van der Waals surface area contributed by atoms with Crippen molar-refractivity contribution in [1.82, 2.24) is 0 Å². The summed E-state index contributed by atoms with van der Waals surface area (Å²) in [5.74, 6) is 0. The van der Waals surface area contributed by atoms with Gasteiger partial charge in [0.2, 0.25) is 0 Å². The first-order chi connectivity index (χ1) is 16.6. The number of nitrogens with zero attached hydrogens (tertiary/aromatic N) is 1. The van der Waals surface area contributed by atoms with Crippen LogP contribution in [0, 0.1) is 0 Å². The third-order valence-electron chi connectivity index (χ3n) is 8.37. The predicted octanol–water partition coefficient (Wildman–Crippen LogP) is 10.2. The molecule has 1 N–H and O–H groups in total. The van der Waals surface area contributed by atoms with Gasteiger partial charge in [0.25, 0.3) is 0 Å². The van der Waals surface area contributed by atoms with Crippen molar-refractivity contribution in [3.05, 3.63) is 0 Å². The maximum absolute atomic E-state index is 9.84. The van der Waals surface area contributed by atoms with Crippen molar-refractivity contribution >= 4 is 0 Å². The Kier molecular flexibility index (Phi) is 25.9. The second kappa shape index (κ2) is 26.0. The van der Waals surface area contributed by atoms with Gasteiger partial charge in [0, 0.05) is 0 Å². The lowest BCUT2D eigenvalue weighted by atomic mass is 10.0. The standard InChI is InChI=1S/C32H68NO/c1-5-7-9-11-13-15-17-19-21-23-25-27-29-33(4,32(3)31-34)30-28-26-24-22-20-18-16-14-12-10-8-6-2/h32,34H,5-31H2,1-4H3/q+1. The summed E-state index contributed by atoms with van der Waals surface area (Å²) in [7, 11) is 2.40. The smallest absolute Gasteiger partial charge is 0.109 e. The lowest BCUT2D eigenvalue weighted by Gasteiger charge is -2.39. The summed E-state index contributed by atoms with van der Waals surface area (Å²) in [6, 6.07) is 0.375. The Morgan fingerprint density at radius 3 is 0.912 bits per heavy atom. The molecule has 0 bridgehead atoms. The predicted molar refractivity (Wildman–Crippen MR) is 155 cm³/mol. The van der Waals surface area contributed by atoms with E-state index in [0.29, 0.717) is 12.6 Å². The van der Waals surface area contributed by atoms with Crippen LogP contribution in [0.4, 0.5) is 0 Å². The van der Waals surface area contributed by atoms with Crippen LogP contribution < -0.4 is 0 Å². The summed E-state index contributed by atoms with van der Waals surface area (Å²) in [6.07, 6.45) is 34.0. The summed E-state index contributed by atoms with van der Waals surface area (Å²) in [4.78, 5) is 0. The van der Waals surface area contributed by atoms with Gasteiger partial charge in [0.15, 0.2) is 0 Å². The third-order valence-corrected chi connectivity index (χ3v) is 8.37. The van der Waals surface area contributed by atoms with E-state index in [1.54, 1.807) is 0 Å². The second-order valence-corrected chi connectivity index (χ2v) is 11.7. The van der Waals surface area contributed by atoms with E-state index in [4.69, 9.17) is 0 Å². The van der Waals surface area contributed by atoms with Crippen LogP contribution in [0.5, 0.6) is 0 Å². The minimum atomic E-state index is 0.326. The Labute approximate surface area is 217 Å². The summed E-state index contributed by atoms with van der Waals surface area (Å²) in [5.41, 5.74) is 0. The van der Waals surface area contributed by atoms with E-state index in [1.165, 1.54) is 167 Å². The van der Waals surface area contributed by atoms with E-state index in [1.807, 2.05) is 0 Å². The number of aliphatic hydroxyl groups excluding tert-OH is 1. The highest BCUT2D eigenvalue weighted by Crippen LogP contribution is 2.18. The molecule has 0 saturated carbocycles. The van der Waals surface area contributed by atoms with E-state index >= 15 is 0 Å². The van der Waals surface area contributed by atoms with Crippen LogP contribution in [-0.4, -0.2) is 42.4 Å². The number of hydrogen-bond acceptors (Lipinski definition) is 1. The molecule has 0 fully saturated rings. The Morgan fingerprint density at radius 2 is 0.676 bits per heavy atom. The van der Waals surface area contributed by atoms with Gasteiger partial charge >= 0.3 is 0 Å². The summed E-state index contributed by atoms with van der Waals surface area (Å²) in [6.45, 7) is 9.67. The molecule has 2 nitrogen and oxygen atoms in total. The Hall–Kier alpha value is -0.0800. The van der Waals surface area contributed by atoms with Gasteiger partial charge in [-0.25, -0.2) is 0 Å². The number of likely N-dealkylation sites (N-methyl/N-ethyl adjacent to an activating group) is 1. The van der Waals surface area contributed by atoms with Crippen molar-refractivity contribution < 1.29 is 9.59 Å². The maximum Gasteiger partial charge on any atom is 0.109 e. The van der Waals surface area contributed by atoms with Crippen LogP contribution in [0.2, 0.25) is 0 Å². The molecule has 0 heterocycles. The van der Waals surface area contributed by atoms with E-state index < -0.39 is 0 Å². The van der Waals surface area contributed by atoms with E-state index in [9.17, 15) is 5.11 Å². The third kappa shape index (κ3) is 21.2. The molecular formula is C32H68NO+. The number of rotatable bonds is 28. The highest BCUT2D eigenvalue weighted by molar-refractivity contribution is 4.55. The quantitative estimate of drug-likeness (QED) is 0.0868. The fourth-order valence-corrected chi connectivity index (χ4v) is 5.38. The normalized spacial score (nSPS) is 13.0. The molecule has 34 heavy (non-hydrogen) atoms. The van der Waals surface area contributed by atoms with Crippen LogP contribution in [-0.2, 0) is 0 Å². The molecule has 0 saturated heterocycles. The fourth-order valence-electron chi connectivity index (χ4n) is 5.38. The largest absolute Gasteiger partial charge is 0.390 e. The zero-order valence-corrected chi connectivity index (χ0v) is 24.6. The number of aliphatic hydroxyl groups is 1. The van der Waals surface area contributed by atoms with Crippen molar-refractivity contribution in [3.63, 3.8) is 0 Å². The van der Waals surface area contributed by atoms with Crippen LogP contribution in [0.15, 0.2) is 0 Å². The molecule has 0 spiro atoms. The molecule has 0 aromatic rings. The lowest BCUT2D eigenvalue weighted by Crippen LogP contribution is -2.53. The van der Waals surface area contributed by atoms with Gasteiger partial charge in [-0.3, -0.25) is 0 Å². The van der Waals surface area contributed by atoms with E-state index in [-0.39, 0.29) is 0 Å². The molecular weight excluding hydrogens is 414 g/mol. The van der Waals surface area contributed by atoms with Crippen LogP contribution in [0.25, 0.3) is 0 Å². The molecule has 2 heteroatoms. The molecule has 0 radical (unpaired) electrons. The fraction of sp³-hybridized carbons (Fsp3) is 1.00. The van der Waals surface area contributed by atoms with Gasteiger partial charge < -0.3 is 9.59 Å². The minimum Gasteiger partial charge on any atom is -0.390 e. The highest BCUT2D eigenvalue weighted by atomic mass is 16.3. The lowest BCUT2D eigenvalue weighted by molar-refractivity contribution is -0.932. The van der Waals surface area contributed by atoms with E-state index in [2.05, 4.69) is 27.8 Å². The first kappa shape index (κ1) is 33.9. The molecule has 0 amide bonds. The molecule has 206 valence electrons. The average Bonchev–Trinajstić information content (AvgIpc) is 2.84. The van der Waals surface area contributed by atoms with Crippen molar-refractivity contribution in [2.24, 2.45) is 0 Å². The maximum atomic E-state index is 9.84. The number of unbranched alkanes of at least 4 members (excludes halogenated alkanes) is 22. The van der Waals surface area contributed by atoms with Gasteiger partial charge in [-0.1, -0.05) is 142 Å². The molecule has 0 aromatic carbocycles. The van der Waals surface area contributed by atoms with Crippen molar-refractivity contribution in [1.29, 1.82) is 0 Å². The second-order valence-electron chi connectivity index (χ2n) is 11.7. The van der Waals surface area contributed by atoms with Crippen LogP contribution >= 0.6 is 0 Å². The molecule has 0 aromatic heterocycles. The number of hydrogen-bond donors (Lipinski definition) is 1. The zero-order valence-electron chi connectivity index (χ0n) is 24.6. The van der Waals surface area contributed by atoms with Crippen LogP contribution in [0.3, 0.4) is 0 Å². The first-order valence-electron chi connectivity index (χ1n) is 16.1. The molecule has 0 aliphatic carbocycles. The first-order valence-corrected chi connectivity index (χ1v) is 16.1. The van der Waals surface area contributed by atoms with Gasteiger partial charge in [-0.15, -0.1) is 0 Å². The molecule has 0 aliphatic heterocycles. The average molecular weight is 483 g/mol. The Bertz CT molecular complexity index is 355. The zero-order chi connectivity index (χ0) is 25.2. The number of quaternary nitrogens is 1. The summed E-state index contributed by atoms with van der Waals surface area (Å²) in [5, 5.41) is 9.84. The summed E-state index contributed by atoms with van der Waals surface area (Å²) < 4.78 is 1.08. The van der Waals surface area contributed by atoms with Gasteiger partial charge in [-0.2, -0.15) is 0 Å². The highest BCUT2D eigenvalue weighted by Gasteiger charge is 2.27. The molecule has 1 unspecified atom stereocenters. The van der Waals surface area contributed by atoms with E-state index in [0.717, 1.165) is 4.48 Å². The van der Waals surface area contributed by atoms with Gasteiger partial charge in [0.05, 0.1) is 26.7 Å². The molecule has 0 rings (SSSR count). The SMILES string of the molecule is CCCCCCCCCCCCCC[N+](C)(CCCCCCCCCCCCCC)C(C)CO. The van der Waals surface area contributed by atoms with Gasteiger partial charge in [0.1, 0.15) is 6.04 Å². The van der Waals surface area contributed by atoms with Crippen molar-refractivity contribution in [3.8, 4) is 0 Å². The van der Waals surface area contributed by atoms with Gasteiger partial charge in [-0.05, 0) is 32.6 Å². The molecule has 0 aliphatic rings. The van der Waals surface area contributed by atoms with Crippen LogP contribution in [0.1, 0.15) is 175 Å². The van der Waals surface area contributed by atoms with Crippen molar-refractivity contribution in [2.45, 2.75) is 181 Å². The minimum absolute atomic E-state index is 0.326. The van der Waals surface area contributed by atoms with Crippen molar-refractivity contribution in [2.75, 3.05) is 26.7 Å². The molecule has 1 atom stereocenters. The summed E-state index contributed by atoms with van der Waals surface area (Å²) >= 11 is 0.